The molecule has 2 N–H and O–H groups in total. The fraction of sp³-hybridized carbons (Fsp3) is 0.286. The number of halogens is 2. The largest absolute Gasteiger partial charge is 0.482 e. The lowest BCUT2D eigenvalue weighted by Crippen LogP contribution is -2.28. The van der Waals surface area contributed by atoms with Crippen LogP contribution in [0.2, 0.25) is 10.0 Å². The van der Waals surface area contributed by atoms with Crippen LogP contribution in [0, 0.1) is 12.8 Å². The van der Waals surface area contributed by atoms with Gasteiger partial charge in [0.1, 0.15) is 5.75 Å². The highest BCUT2D eigenvalue weighted by Gasteiger charge is 2.18. The second-order valence-corrected chi connectivity index (χ2v) is 9.93. The number of carboxylic acids is 1. The molecule has 0 aromatic heterocycles. The highest BCUT2D eigenvalue weighted by atomic mass is 35.5. The smallest absolute Gasteiger partial charge is 0.341 e. The first-order valence-electron chi connectivity index (χ1n) is 11.6. The van der Waals surface area contributed by atoms with Gasteiger partial charge in [0.25, 0.3) is 0 Å². The number of aryl methyl sites for hydroxylation is 1. The van der Waals surface area contributed by atoms with Crippen molar-refractivity contribution >= 4 is 46.5 Å². The zero-order valence-corrected chi connectivity index (χ0v) is 22.1. The zero-order chi connectivity index (χ0) is 26.2. The lowest BCUT2D eigenvalue weighted by atomic mass is 10.1. The van der Waals surface area contributed by atoms with Crippen molar-refractivity contribution in [3.05, 3.63) is 87.4 Å². The van der Waals surface area contributed by atoms with Gasteiger partial charge < -0.3 is 20.1 Å². The van der Waals surface area contributed by atoms with E-state index in [4.69, 9.17) is 33.0 Å². The van der Waals surface area contributed by atoms with E-state index in [2.05, 4.69) is 24.1 Å². The van der Waals surface area contributed by atoms with Gasteiger partial charge in [-0.05, 0) is 65.9 Å². The van der Waals surface area contributed by atoms with Crippen molar-refractivity contribution in [2.24, 2.45) is 5.92 Å². The van der Waals surface area contributed by atoms with Crippen LogP contribution >= 0.6 is 23.2 Å². The third-order valence-corrected chi connectivity index (χ3v) is 5.96. The predicted octanol–water partition coefficient (Wildman–Crippen LogP) is 6.61. The van der Waals surface area contributed by atoms with Crippen LogP contribution in [-0.4, -0.2) is 30.1 Å². The van der Waals surface area contributed by atoms with Gasteiger partial charge in [0.05, 0.1) is 17.8 Å². The molecule has 0 unspecified atom stereocenters. The minimum absolute atomic E-state index is 0.171. The Morgan fingerprint density at radius 1 is 1.00 bits per heavy atom. The molecule has 0 heterocycles. The molecule has 0 radical (unpaired) electrons. The van der Waals surface area contributed by atoms with Gasteiger partial charge in [-0.3, -0.25) is 4.79 Å². The molecule has 0 bridgehead atoms. The Morgan fingerprint density at radius 2 is 1.69 bits per heavy atom. The molecule has 3 aromatic carbocycles. The molecule has 1 amide bonds. The lowest BCUT2D eigenvalue weighted by molar-refractivity contribution is -0.139. The van der Waals surface area contributed by atoms with Gasteiger partial charge in [-0.15, -0.1) is 0 Å². The molecule has 0 saturated heterocycles. The summed E-state index contributed by atoms with van der Waals surface area (Å²) in [7, 11) is 0. The number of carbonyl (C=O) groups excluding carboxylic acids is 1. The van der Waals surface area contributed by atoms with Gasteiger partial charge in [0, 0.05) is 29.2 Å². The molecule has 36 heavy (non-hydrogen) atoms. The third-order valence-electron chi connectivity index (χ3n) is 5.47. The second-order valence-electron chi connectivity index (χ2n) is 9.06. The molecule has 3 aromatic rings. The number of hydrogen-bond donors (Lipinski definition) is 2. The summed E-state index contributed by atoms with van der Waals surface area (Å²) in [4.78, 5) is 26.3. The Morgan fingerprint density at radius 3 is 2.33 bits per heavy atom. The third kappa shape index (κ3) is 8.18. The van der Waals surface area contributed by atoms with E-state index in [1.54, 1.807) is 18.2 Å². The average molecular weight is 529 g/mol. The number of benzene rings is 3. The number of ether oxygens (including phenoxy) is 1. The maximum absolute atomic E-state index is 13.1. The summed E-state index contributed by atoms with van der Waals surface area (Å²) in [6.07, 6.45) is 0.171. The molecule has 0 atom stereocenters. The minimum Gasteiger partial charge on any atom is -0.482 e. The zero-order valence-electron chi connectivity index (χ0n) is 20.6. The van der Waals surface area contributed by atoms with Crippen LogP contribution in [-0.2, 0) is 22.6 Å². The Bertz CT molecular complexity index is 1210. The van der Waals surface area contributed by atoms with Crippen molar-refractivity contribution in [1.82, 2.24) is 0 Å². The fourth-order valence-corrected chi connectivity index (χ4v) is 4.20. The van der Waals surface area contributed by atoms with E-state index in [0.29, 0.717) is 33.9 Å². The summed E-state index contributed by atoms with van der Waals surface area (Å²) in [5.74, 6) is -0.573. The molecule has 0 aliphatic carbocycles. The number of rotatable bonds is 11. The van der Waals surface area contributed by atoms with Crippen LogP contribution in [0.25, 0.3) is 0 Å². The van der Waals surface area contributed by atoms with Crippen LogP contribution in [0.15, 0.2) is 60.7 Å². The Labute approximate surface area is 221 Å². The van der Waals surface area contributed by atoms with Crippen molar-refractivity contribution in [2.75, 3.05) is 23.4 Å². The Balaban J connectivity index is 1.93. The summed E-state index contributed by atoms with van der Waals surface area (Å²) in [5.41, 5.74) is 4.23. The number of nitrogens with one attached hydrogen (secondary N) is 1. The summed E-state index contributed by atoms with van der Waals surface area (Å²) < 4.78 is 5.39. The van der Waals surface area contributed by atoms with Crippen molar-refractivity contribution in [3.8, 4) is 5.75 Å². The van der Waals surface area contributed by atoms with Crippen molar-refractivity contribution < 1.29 is 19.4 Å². The molecule has 6 nitrogen and oxygen atoms in total. The molecule has 3 rings (SSSR count). The van der Waals surface area contributed by atoms with Crippen LogP contribution in [0.5, 0.6) is 5.75 Å². The normalized spacial score (nSPS) is 10.8. The lowest BCUT2D eigenvalue weighted by Gasteiger charge is -2.29. The highest BCUT2D eigenvalue weighted by molar-refractivity contribution is 6.30. The number of nitrogens with zero attached hydrogens (tertiary/aromatic N) is 1. The summed E-state index contributed by atoms with van der Waals surface area (Å²) in [6, 6.07) is 18.3. The van der Waals surface area contributed by atoms with Gasteiger partial charge in [-0.2, -0.15) is 0 Å². The van der Waals surface area contributed by atoms with E-state index in [1.165, 1.54) is 0 Å². The first-order valence-corrected chi connectivity index (χ1v) is 12.4. The van der Waals surface area contributed by atoms with Gasteiger partial charge in [0.15, 0.2) is 6.61 Å². The second kappa shape index (κ2) is 12.7. The van der Waals surface area contributed by atoms with Gasteiger partial charge >= 0.3 is 5.97 Å². The molecule has 0 saturated carbocycles. The summed E-state index contributed by atoms with van der Waals surface area (Å²) in [5, 5.41) is 13.3. The van der Waals surface area contributed by atoms with E-state index in [9.17, 15) is 9.59 Å². The van der Waals surface area contributed by atoms with Crippen molar-refractivity contribution in [1.29, 1.82) is 0 Å². The molecule has 0 spiro atoms. The molecule has 0 aliphatic rings. The van der Waals surface area contributed by atoms with Crippen LogP contribution in [0.3, 0.4) is 0 Å². The van der Waals surface area contributed by atoms with Crippen LogP contribution in [0.1, 0.15) is 30.5 Å². The number of aliphatic carboxylic acids is 1. The van der Waals surface area contributed by atoms with E-state index >= 15 is 0 Å². The quantitative estimate of drug-likeness (QED) is 0.292. The first kappa shape index (κ1) is 27.4. The predicted molar refractivity (Wildman–Crippen MR) is 145 cm³/mol. The fourth-order valence-electron chi connectivity index (χ4n) is 3.85. The van der Waals surface area contributed by atoms with Crippen LogP contribution < -0.4 is 15.0 Å². The standard InChI is InChI=1S/C28H30Cl2N2O4/c1-18(2)15-32(16-20-4-7-22(29)8-5-20)26-11-10-24(36-17-28(34)35)14-25(26)31-27(33)13-21-6-9-23(30)12-19(21)3/h4-12,14,18H,13,15-17H2,1-3H3,(H,31,33)(H,34,35). The monoisotopic (exact) mass is 528 g/mol. The Kier molecular flexibility index (Phi) is 9.62. The van der Waals surface area contributed by atoms with Gasteiger partial charge in [-0.1, -0.05) is 55.2 Å². The number of carbonyl (C=O) groups is 2. The van der Waals surface area contributed by atoms with Crippen LogP contribution in [0.4, 0.5) is 11.4 Å². The summed E-state index contributed by atoms with van der Waals surface area (Å²) in [6.45, 7) is 7.02. The molecule has 190 valence electrons. The van der Waals surface area contributed by atoms with E-state index in [1.807, 2.05) is 49.4 Å². The number of anilines is 2. The minimum atomic E-state index is -1.08. The first-order chi connectivity index (χ1) is 17.1. The molecule has 8 heteroatoms. The molecular formula is C28H30Cl2N2O4. The molecule has 0 fully saturated rings. The number of amides is 1. The maximum Gasteiger partial charge on any atom is 0.341 e. The number of hydrogen-bond acceptors (Lipinski definition) is 4. The van der Waals surface area contributed by atoms with Gasteiger partial charge in [-0.25, -0.2) is 4.79 Å². The highest BCUT2D eigenvalue weighted by Crippen LogP contribution is 2.33. The van der Waals surface area contributed by atoms with E-state index in [-0.39, 0.29) is 12.3 Å². The van der Waals surface area contributed by atoms with Crippen molar-refractivity contribution in [3.63, 3.8) is 0 Å². The molecular weight excluding hydrogens is 499 g/mol. The topological polar surface area (TPSA) is 78.9 Å². The molecule has 0 aliphatic heterocycles. The van der Waals surface area contributed by atoms with E-state index < -0.39 is 12.6 Å². The summed E-state index contributed by atoms with van der Waals surface area (Å²) >= 11 is 12.1. The van der Waals surface area contributed by atoms with Gasteiger partial charge in [0.2, 0.25) is 5.91 Å². The van der Waals surface area contributed by atoms with E-state index in [0.717, 1.165) is 28.9 Å². The average Bonchev–Trinajstić information content (AvgIpc) is 2.80. The Hall–Kier alpha value is -3.22. The number of carboxylic acid groups (broad SMARTS) is 1. The maximum atomic E-state index is 13.1. The van der Waals surface area contributed by atoms with Crippen molar-refractivity contribution in [2.45, 2.75) is 33.7 Å². The SMILES string of the molecule is Cc1cc(Cl)ccc1CC(=O)Nc1cc(OCC(=O)O)ccc1N(Cc1ccc(Cl)cc1)CC(C)C.